The van der Waals surface area contributed by atoms with Crippen LogP contribution in [0.3, 0.4) is 0 Å². The van der Waals surface area contributed by atoms with Crippen molar-refractivity contribution in [1.29, 1.82) is 0 Å². The monoisotopic (exact) mass is 395 g/mol. The Bertz CT molecular complexity index is 996. The summed E-state index contributed by atoms with van der Waals surface area (Å²) in [5, 5.41) is 4.08. The Morgan fingerprint density at radius 1 is 1.07 bits per heavy atom. The normalized spacial score (nSPS) is 14.3. The second-order valence-corrected chi connectivity index (χ2v) is 7.69. The molecule has 3 aromatic rings. The van der Waals surface area contributed by atoms with Crippen LogP contribution in [0.4, 0.5) is 5.82 Å². The van der Waals surface area contributed by atoms with Crippen molar-refractivity contribution in [3.63, 3.8) is 0 Å². The summed E-state index contributed by atoms with van der Waals surface area (Å²) in [6.07, 6.45) is 1.52. The molecule has 7 nitrogen and oxygen atoms in total. The third kappa shape index (κ3) is 3.82. The molecule has 1 aromatic carbocycles. The topological polar surface area (TPSA) is 78.4 Å². The summed E-state index contributed by atoms with van der Waals surface area (Å²) in [7, 11) is 0. The van der Waals surface area contributed by atoms with Crippen molar-refractivity contribution in [2.75, 3.05) is 38.0 Å². The van der Waals surface area contributed by atoms with E-state index >= 15 is 0 Å². The lowest BCUT2D eigenvalue weighted by Crippen LogP contribution is -2.51. The maximum absolute atomic E-state index is 12.5. The molecular weight excluding hydrogens is 374 g/mol. The van der Waals surface area contributed by atoms with E-state index < -0.39 is 0 Å². The number of amides is 2. The minimum atomic E-state index is 0.00785. The first-order valence-corrected chi connectivity index (χ1v) is 10.0. The van der Waals surface area contributed by atoms with Gasteiger partial charge in [-0.2, -0.15) is 0 Å². The number of hydrogen-bond donors (Lipinski definition) is 1. The fraction of sp³-hybridized carbons (Fsp3) is 0.300. The quantitative estimate of drug-likeness (QED) is 0.734. The largest absolute Gasteiger partial charge is 0.360 e. The first-order valence-electron chi connectivity index (χ1n) is 9.19. The zero-order chi connectivity index (χ0) is 19.5. The number of piperazine rings is 1. The molecule has 0 spiro atoms. The molecule has 1 N–H and O–H groups in total. The number of aromatic nitrogens is 2. The van der Waals surface area contributed by atoms with Gasteiger partial charge in [-0.1, -0.05) is 30.3 Å². The lowest BCUT2D eigenvalue weighted by atomic mass is 10.2. The van der Waals surface area contributed by atoms with E-state index in [9.17, 15) is 9.59 Å². The maximum Gasteiger partial charge on any atom is 0.242 e. The number of fused-ring (bicyclic) bond motifs is 1. The summed E-state index contributed by atoms with van der Waals surface area (Å²) >= 11 is 1.61. The van der Waals surface area contributed by atoms with E-state index in [0.29, 0.717) is 32.0 Å². The Balaban J connectivity index is 1.44. The lowest BCUT2D eigenvalue weighted by molar-refractivity contribution is -0.137. The van der Waals surface area contributed by atoms with Gasteiger partial charge in [-0.3, -0.25) is 9.59 Å². The van der Waals surface area contributed by atoms with Crippen molar-refractivity contribution >= 4 is 39.2 Å². The van der Waals surface area contributed by atoms with E-state index in [1.54, 1.807) is 28.1 Å². The van der Waals surface area contributed by atoms with Crippen LogP contribution in [0.15, 0.2) is 42.7 Å². The molecule has 1 saturated heterocycles. The van der Waals surface area contributed by atoms with Gasteiger partial charge in [-0.05, 0) is 11.6 Å². The van der Waals surface area contributed by atoms with Crippen LogP contribution in [0.5, 0.6) is 0 Å². The van der Waals surface area contributed by atoms with Crippen LogP contribution in [0.25, 0.3) is 20.7 Å². The van der Waals surface area contributed by atoms with Gasteiger partial charge in [0.1, 0.15) is 17.0 Å². The number of carbonyl (C=O) groups is 2. The zero-order valence-electron chi connectivity index (χ0n) is 15.6. The van der Waals surface area contributed by atoms with Crippen molar-refractivity contribution in [2.45, 2.75) is 6.92 Å². The zero-order valence-corrected chi connectivity index (χ0v) is 16.4. The highest BCUT2D eigenvalue weighted by Crippen LogP contribution is 2.34. The number of nitrogens with one attached hydrogen (secondary N) is 1. The summed E-state index contributed by atoms with van der Waals surface area (Å²) in [6.45, 7) is 4.03. The molecule has 0 bridgehead atoms. The minimum Gasteiger partial charge on any atom is -0.360 e. The SMILES string of the molecule is CC(=O)N1CCN(C(=O)CNc2ncnc3sc(-c4ccccc4)cc23)CC1. The molecule has 0 atom stereocenters. The molecular formula is C20H21N5O2S. The third-order valence-corrected chi connectivity index (χ3v) is 5.96. The summed E-state index contributed by atoms with van der Waals surface area (Å²) < 4.78 is 0. The number of nitrogens with zero attached hydrogens (tertiary/aromatic N) is 4. The van der Waals surface area contributed by atoms with E-state index in [1.807, 2.05) is 18.2 Å². The van der Waals surface area contributed by atoms with E-state index in [2.05, 4.69) is 33.5 Å². The summed E-state index contributed by atoms with van der Waals surface area (Å²) in [4.78, 5) is 38.2. The van der Waals surface area contributed by atoms with Crippen LogP contribution in [-0.4, -0.2) is 64.3 Å². The second kappa shape index (κ2) is 7.93. The number of thiophene rings is 1. The van der Waals surface area contributed by atoms with Crippen LogP contribution >= 0.6 is 11.3 Å². The third-order valence-electron chi connectivity index (χ3n) is 4.87. The van der Waals surface area contributed by atoms with Gasteiger partial charge < -0.3 is 15.1 Å². The Morgan fingerprint density at radius 3 is 2.50 bits per heavy atom. The molecule has 1 aliphatic rings. The molecule has 28 heavy (non-hydrogen) atoms. The molecule has 2 aromatic heterocycles. The van der Waals surface area contributed by atoms with E-state index in [4.69, 9.17) is 0 Å². The molecule has 144 valence electrons. The van der Waals surface area contributed by atoms with Gasteiger partial charge >= 0.3 is 0 Å². The van der Waals surface area contributed by atoms with E-state index in [0.717, 1.165) is 20.7 Å². The van der Waals surface area contributed by atoms with Crippen molar-refractivity contribution in [2.24, 2.45) is 0 Å². The van der Waals surface area contributed by atoms with Crippen LogP contribution in [0, 0.1) is 0 Å². The molecule has 3 heterocycles. The highest BCUT2D eigenvalue weighted by atomic mass is 32.1. The van der Waals surface area contributed by atoms with Gasteiger partial charge in [0.25, 0.3) is 0 Å². The number of hydrogen-bond acceptors (Lipinski definition) is 6. The fourth-order valence-electron chi connectivity index (χ4n) is 3.28. The van der Waals surface area contributed by atoms with E-state index in [1.165, 1.54) is 6.33 Å². The molecule has 4 rings (SSSR count). The van der Waals surface area contributed by atoms with Gasteiger partial charge in [0, 0.05) is 38.0 Å². The Labute approximate surface area is 167 Å². The van der Waals surface area contributed by atoms with Crippen LogP contribution in [0.1, 0.15) is 6.92 Å². The van der Waals surface area contributed by atoms with Crippen molar-refractivity contribution in [1.82, 2.24) is 19.8 Å². The first-order chi connectivity index (χ1) is 13.6. The highest BCUT2D eigenvalue weighted by Gasteiger charge is 2.22. The summed E-state index contributed by atoms with van der Waals surface area (Å²) in [5.74, 6) is 0.730. The van der Waals surface area contributed by atoms with Crippen LogP contribution < -0.4 is 5.32 Å². The molecule has 1 fully saturated rings. The maximum atomic E-state index is 12.5. The van der Waals surface area contributed by atoms with Gasteiger partial charge in [0.15, 0.2) is 0 Å². The predicted octanol–water partition coefficient (Wildman–Crippen LogP) is 2.46. The average molecular weight is 395 g/mol. The molecule has 1 aliphatic heterocycles. The highest BCUT2D eigenvalue weighted by molar-refractivity contribution is 7.21. The van der Waals surface area contributed by atoms with Gasteiger partial charge in [0.05, 0.1) is 11.9 Å². The standard InChI is InChI=1S/C20H21N5O2S/c1-14(26)24-7-9-25(10-8-24)18(27)12-21-19-16-11-17(15-5-3-2-4-6-15)28-20(16)23-13-22-19/h2-6,11,13H,7-10,12H2,1H3,(H,21,22,23). The average Bonchev–Trinajstić information content (AvgIpc) is 3.17. The van der Waals surface area contributed by atoms with Crippen molar-refractivity contribution in [3.8, 4) is 10.4 Å². The fourth-order valence-corrected chi connectivity index (χ4v) is 4.29. The number of carbonyl (C=O) groups excluding carboxylic acids is 2. The number of benzene rings is 1. The first kappa shape index (κ1) is 18.4. The van der Waals surface area contributed by atoms with E-state index in [-0.39, 0.29) is 18.4 Å². The van der Waals surface area contributed by atoms with Gasteiger partial charge in [0.2, 0.25) is 11.8 Å². The smallest absolute Gasteiger partial charge is 0.242 e. The van der Waals surface area contributed by atoms with Gasteiger partial charge in [-0.15, -0.1) is 11.3 Å². The van der Waals surface area contributed by atoms with Crippen LogP contribution in [0.2, 0.25) is 0 Å². The van der Waals surface area contributed by atoms with Crippen molar-refractivity contribution < 1.29 is 9.59 Å². The second-order valence-electron chi connectivity index (χ2n) is 6.66. The Kier molecular flexibility index (Phi) is 5.21. The Hall–Kier alpha value is -3.00. The Morgan fingerprint density at radius 2 is 1.79 bits per heavy atom. The summed E-state index contributed by atoms with van der Waals surface area (Å²) in [5.41, 5.74) is 1.14. The van der Waals surface area contributed by atoms with Gasteiger partial charge in [-0.25, -0.2) is 9.97 Å². The number of rotatable bonds is 4. The molecule has 0 radical (unpaired) electrons. The van der Waals surface area contributed by atoms with Crippen molar-refractivity contribution in [3.05, 3.63) is 42.7 Å². The molecule has 8 heteroatoms. The number of anilines is 1. The molecule has 0 aliphatic carbocycles. The summed E-state index contributed by atoms with van der Waals surface area (Å²) in [6, 6.07) is 12.2. The van der Waals surface area contributed by atoms with Crippen LogP contribution in [-0.2, 0) is 9.59 Å². The minimum absolute atomic E-state index is 0.00785. The molecule has 0 unspecified atom stereocenters. The molecule has 0 saturated carbocycles. The predicted molar refractivity (Wildman–Crippen MR) is 110 cm³/mol. The molecule has 2 amide bonds. The lowest BCUT2D eigenvalue weighted by Gasteiger charge is -2.34.